The zero-order chi connectivity index (χ0) is 30.1. The Labute approximate surface area is 261 Å². The van der Waals surface area contributed by atoms with E-state index < -0.39 is 0 Å². The molecule has 0 aliphatic heterocycles. The van der Waals surface area contributed by atoms with Gasteiger partial charge in [-0.15, -0.1) is 0 Å². The lowest BCUT2D eigenvalue weighted by molar-refractivity contribution is 0.660. The van der Waals surface area contributed by atoms with Crippen LogP contribution in [-0.4, -0.2) is 15.0 Å². The van der Waals surface area contributed by atoms with Gasteiger partial charge in [0.05, 0.1) is 0 Å². The van der Waals surface area contributed by atoms with Crippen molar-refractivity contribution >= 4 is 32.3 Å². The Kier molecular flexibility index (Phi) is 5.54. The lowest BCUT2D eigenvalue weighted by Crippen LogP contribution is -2.15. The number of benzene rings is 7. The summed E-state index contributed by atoms with van der Waals surface area (Å²) in [6.45, 7) is 4.61. The molecule has 0 amide bonds. The standard InChI is InChI=1S/C42H29N3/c1-42(2)36-18-9-8-16-32(36)33-23-21-29(25-37(33)42)40-43-39(28-12-4-3-5-13-28)44-41(45-40)35-17-10-14-27-20-22-31-30-15-7-6-11-26(30)19-24-34(31)38(27)35/h3-25H,1-2H3. The lowest BCUT2D eigenvalue weighted by Gasteiger charge is -2.21. The molecule has 0 fully saturated rings. The van der Waals surface area contributed by atoms with Crippen molar-refractivity contribution < 1.29 is 0 Å². The van der Waals surface area contributed by atoms with Crippen LogP contribution in [0.25, 0.3) is 77.6 Å². The van der Waals surface area contributed by atoms with E-state index in [1.54, 1.807) is 0 Å². The Morgan fingerprint density at radius 2 is 1.04 bits per heavy atom. The van der Waals surface area contributed by atoms with Gasteiger partial charge in [0.2, 0.25) is 0 Å². The molecule has 0 spiro atoms. The highest BCUT2D eigenvalue weighted by Crippen LogP contribution is 2.49. The fourth-order valence-electron chi connectivity index (χ4n) is 7.25. The summed E-state index contributed by atoms with van der Waals surface area (Å²) in [6, 6.07) is 49.5. The molecule has 1 aliphatic carbocycles. The van der Waals surface area contributed by atoms with Gasteiger partial charge in [0.25, 0.3) is 0 Å². The van der Waals surface area contributed by atoms with E-state index in [0.717, 1.165) is 27.5 Å². The Balaban J connectivity index is 1.30. The van der Waals surface area contributed by atoms with Crippen LogP contribution in [0.3, 0.4) is 0 Å². The second-order valence-corrected chi connectivity index (χ2v) is 12.5. The van der Waals surface area contributed by atoms with Crippen LogP contribution >= 0.6 is 0 Å². The van der Waals surface area contributed by atoms with Gasteiger partial charge in [-0.2, -0.15) is 0 Å². The van der Waals surface area contributed by atoms with Crippen LogP contribution in [0.5, 0.6) is 0 Å². The van der Waals surface area contributed by atoms with Crippen LogP contribution in [-0.2, 0) is 5.41 Å². The first kappa shape index (κ1) is 25.8. The third-order valence-corrected chi connectivity index (χ3v) is 9.52. The van der Waals surface area contributed by atoms with E-state index in [9.17, 15) is 0 Å². The van der Waals surface area contributed by atoms with Gasteiger partial charge < -0.3 is 0 Å². The van der Waals surface area contributed by atoms with E-state index in [1.807, 2.05) is 18.2 Å². The molecule has 0 saturated heterocycles. The fourth-order valence-corrected chi connectivity index (χ4v) is 7.25. The van der Waals surface area contributed by atoms with Crippen molar-refractivity contribution in [3.05, 3.63) is 151 Å². The highest BCUT2D eigenvalue weighted by Gasteiger charge is 2.35. The van der Waals surface area contributed by atoms with E-state index in [2.05, 4.69) is 135 Å². The van der Waals surface area contributed by atoms with Crippen molar-refractivity contribution in [2.24, 2.45) is 0 Å². The molecule has 0 bridgehead atoms. The first-order valence-corrected chi connectivity index (χ1v) is 15.5. The number of aromatic nitrogens is 3. The summed E-state index contributed by atoms with van der Waals surface area (Å²) in [5.41, 5.74) is 8.09. The smallest absolute Gasteiger partial charge is 0.164 e. The lowest BCUT2D eigenvalue weighted by atomic mass is 9.82. The number of rotatable bonds is 3. The minimum Gasteiger partial charge on any atom is -0.208 e. The second-order valence-electron chi connectivity index (χ2n) is 12.5. The highest BCUT2D eigenvalue weighted by atomic mass is 15.0. The monoisotopic (exact) mass is 575 g/mol. The van der Waals surface area contributed by atoms with Crippen molar-refractivity contribution in [3.8, 4) is 45.3 Å². The molecule has 7 aromatic carbocycles. The Morgan fingerprint density at radius 1 is 0.400 bits per heavy atom. The van der Waals surface area contributed by atoms with E-state index in [4.69, 9.17) is 15.0 Å². The van der Waals surface area contributed by atoms with Gasteiger partial charge in [0.1, 0.15) is 0 Å². The number of hydrogen-bond donors (Lipinski definition) is 0. The predicted octanol–water partition coefficient (Wildman–Crippen LogP) is 10.6. The number of hydrogen-bond acceptors (Lipinski definition) is 3. The van der Waals surface area contributed by atoms with Crippen molar-refractivity contribution in [1.29, 1.82) is 0 Å². The zero-order valence-electron chi connectivity index (χ0n) is 25.1. The molecule has 212 valence electrons. The van der Waals surface area contributed by atoms with Crippen LogP contribution in [0.15, 0.2) is 140 Å². The van der Waals surface area contributed by atoms with Crippen LogP contribution in [0.4, 0.5) is 0 Å². The molecule has 45 heavy (non-hydrogen) atoms. The molecular formula is C42H29N3. The summed E-state index contributed by atoms with van der Waals surface area (Å²) in [7, 11) is 0. The Hall–Kier alpha value is -5.67. The quantitative estimate of drug-likeness (QED) is 0.197. The van der Waals surface area contributed by atoms with Crippen LogP contribution in [0.1, 0.15) is 25.0 Å². The average molecular weight is 576 g/mol. The largest absolute Gasteiger partial charge is 0.208 e. The first-order chi connectivity index (χ1) is 22.1. The molecule has 3 heteroatoms. The van der Waals surface area contributed by atoms with Crippen molar-refractivity contribution in [2.45, 2.75) is 19.3 Å². The SMILES string of the molecule is CC1(C)c2ccccc2-c2ccc(-c3nc(-c4ccccc4)nc(-c4cccc5ccc6c7ccccc7ccc6c45)n3)cc21. The van der Waals surface area contributed by atoms with Gasteiger partial charge in [-0.1, -0.05) is 147 Å². The fraction of sp³-hybridized carbons (Fsp3) is 0.0714. The molecule has 0 saturated carbocycles. The zero-order valence-corrected chi connectivity index (χ0v) is 25.1. The van der Waals surface area contributed by atoms with E-state index >= 15 is 0 Å². The number of nitrogens with zero attached hydrogens (tertiary/aromatic N) is 3. The molecule has 3 nitrogen and oxygen atoms in total. The molecular weight excluding hydrogens is 546 g/mol. The summed E-state index contributed by atoms with van der Waals surface area (Å²) in [5.74, 6) is 2.02. The van der Waals surface area contributed by atoms with Gasteiger partial charge in [-0.05, 0) is 55.3 Å². The molecule has 0 unspecified atom stereocenters. The maximum Gasteiger partial charge on any atom is 0.164 e. The maximum absolute atomic E-state index is 5.22. The summed E-state index contributed by atoms with van der Waals surface area (Å²) in [4.78, 5) is 15.4. The van der Waals surface area contributed by atoms with E-state index in [-0.39, 0.29) is 5.41 Å². The first-order valence-electron chi connectivity index (χ1n) is 15.5. The van der Waals surface area contributed by atoms with Gasteiger partial charge >= 0.3 is 0 Å². The normalized spacial score (nSPS) is 13.3. The maximum atomic E-state index is 5.22. The summed E-state index contributed by atoms with van der Waals surface area (Å²) < 4.78 is 0. The summed E-state index contributed by atoms with van der Waals surface area (Å²) >= 11 is 0. The van der Waals surface area contributed by atoms with Gasteiger partial charge in [0, 0.05) is 27.5 Å². The van der Waals surface area contributed by atoms with Crippen LogP contribution in [0.2, 0.25) is 0 Å². The van der Waals surface area contributed by atoms with Crippen molar-refractivity contribution in [3.63, 3.8) is 0 Å². The van der Waals surface area contributed by atoms with Gasteiger partial charge in [-0.3, -0.25) is 0 Å². The number of fused-ring (bicyclic) bond motifs is 8. The third-order valence-electron chi connectivity index (χ3n) is 9.52. The minimum absolute atomic E-state index is 0.114. The Morgan fingerprint density at radius 3 is 1.93 bits per heavy atom. The van der Waals surface area contributed by atoms with E-state index in [0.29, 0.717) is 17.5 Å². The van der Waals surface area contributed by atoms with Crippen molar-refractivity contribution in [2.75, 3.05) is 0 Å². The highest BCUT2D eigenvalue weighted by molar-refractivity contribution is 6.20. The molecule has 9 rings (SSSR count). The molecule has 1 aromatic heterocycles. The third kappa shape index (κ3) is 3.94. The predicted molar refractivity (Wildman–Crippen MR) is 186 cm³/mol. The molecule has 1 heterocycles. The average Bonchev–Trinajstić information content (AvgIpc) is 3.33. The van der Waals surface area contributed by atoms with Crippen molar-refractivity contribution in [1.82, 2.24) is 15.0 Å². The van der Waals surface area contributed by atoms with Crippen LogP contribution in [0, 0.1) is 0 Å². The molecule has 0 radical (unpaired) electrons. The molecule has 8 aromatic rings. The van der Waals surface area contributed by atoms with Gasteiger partial charge in [0.15, 0.2) is 17.5 Å². The van der Waals surface area contributed by atoms with E-state index in [1.165, 1.54) is 43.8 Å². The summed E-state index contributed by atoms with van der Waals surface area (Å²) in [5, 5.41) is 7.22. The second kappa shape index (κ2) is 9.67. The molecule has 1 aliphatic rings. The Bertz CT molecular complexity index is 2460. The summed E-state index contributed by atoms with van der Waals surface area (Å²) in [6.07, 6.45) is 0. The van der Waals surface area contributed by atoms with Gasteiger partial charge in [-0.25, -0.2) is 15.0 Å². The molecule has 0 N–H and O–H groups in total. The topological polar surface area (TPSA) is 38.7 Å². The minimum atomic E-state index is -0.114. The molecule has 0 atom stereocenters. The van der Waals surface area contributed by atoms with Crippen LogP contribution < -0.4 is 0 Å².